The fraction of sp³-hybridized carbons (Fsp3) is 0.167. The van der Waals surface area contributed by atoms with E-state index in [1.165, 1.54) is 0 Å². The van der Waals surface area contributed by atoms with Gasteiger partial charge in [0, 0.05) is 15.1 Å². The molecule has 0 fully saturated rings. The van der Waals surface area contributed by atoms with Crippen molar-refractivity contribution in [1.29, 1.82) is 0 Å². The molecule has 1 aromatic heterocycles. The highest BCUT2D eigenvalue weighted by Crippen LogP contribution is 2.24. The average Bonchev–Trinajstić information content (AvgIpc) is 3.06. The van der Waals surface area contributed by atoms with Crippen LogP contribution in [0, 0.1) is 6.92 Å². The van der Waals surface area contributed by atoms with Gasteiger partial charge >= 0.3 is 6.01 Å². The Balaban J connectivity index is 1.66. The van der Waals surface area contributed by atoms with E-state index in [1.54, 1.807) is 25.1 Å². The van der Waals surface area contributed by atoms with Crippen molar-refractivity contribution in [3.63, 3.8) is 0 Å². The maximum Gasteiger partial charge on any atom is 0.322 e. The van der Waals surface area contributed by atoms with E-state index in [4.69, 9.17) is 20.8 Å². The van der Waals surface area contributed by atoms with Crippen LogP contribution in [0.3, 0.4) is 0 Å². The number of carbonyl (C=O) groups excluding carboxylic acids is 1. The third-order valence-corrected chi connectivity index (χ3v) is 4.26. The molecule has 0 saturated heterocycles. The number of carbonyl (C=O) groups is 1. The number of nitrogens with one attached hydrogen (secondary N) is 1. The van der Waals surface area contributed by atoms with Crippen LogP contribution < -0.4 is 10.1 Å². The smallest absolute Gasteiger partial charge is 0.322 e. The van der Waals surface area contributed by atoms with E-state index >= 15 is 0 Å². The number of nitrogens with zero attached hydrogens (tertiary/aromatic N) is 2. The van der Waals surface area contributed by atoms with Crippen LogP contribution in [0.2, 0.25) is 5.02 Å². The lowest BCUT2D eigenvalue weighted by molar-refractivity contribution is -0.122. The monoisotopic (exact) mass is 435 g/mol. The highest BCUT2D eigenvalue weighted by Gasteiger charge is 2.19. The molecule has 134 valence electrons. The van der Waals surface area contributed by atoms with Crippen molar-refractivity contribution in [3.05, 3.63) is 57.5 Å². The van der Waals surface area contributed by atoms with Gasteiger partial charge < -0.3 is 9.15 Å². The van der Waals surface area contributed by atoms with E-state index in [1.807, 2.05) is 31.2 Å². The zero-order chi connectivity index (χ0) is 18.7. The van der Waals surface area contributed by atoms with Crippen LogP contribution in [0.1, 0.15) is 12.5 Å². The predicted molar refractivity (Wildman–Crippen MR) is 102 cm³/mol. The third-order valence-electron chi connectivity index (χ3n) is 3.54. The first kappa shape index (κ1) is 18.4. The molecule has 8 heteroatoms. The van der Waals surface area contributed by atoms with Gasteiger partial charge in [0.15, 0.2) is 6.10 Å². The topological polar surface area (TPSA) is 77.2 Å². The summed E-state index contributed by atoms with van der Waals surface area (Å²) in [6, 6.07) is 12.6. The highest BCUT2D eigenvalue weighted by atomic mass is 79.9. The van der Waals surface area contributed by atoms with Gasteiger partial charge in [0.25, 0.3) is 5.91 Å². The summed E-state index contributed by atoms with van der Waals surface area (Å²) in [5.41, 5.74) is 1.58. The molecule has 3 aromatic rings. The van der Waals surface area contributed by atoms with Gasteiger partial charge in [-0.05, 0) is 55.8 Å². The molecule has 0 spiro atoms. The molecular formula is C18H15BrClN3O3. The average molecular weight is 437 g/mol. The van der Waals surface area contributed by atoms with E-state index < -0.39 is 12.0 Å². The van der Waals surface area contributed by atoms with Crippen LogP contribution in [0.15, 0.2) is 51.4 Å². The van der Waals surface area contributed by atoms with Crippen molar-refractivity contribution in [2.45, 2.75) is 20.0 Å². The Morgan fingerprint density at radius 3 is 2.81 bits per heavy atom. The van der Waals surface area contributed by atoms with Gasteiger partial charge in [0.05, 0.1) is 0 Å². The Kier molecular flexibility index (Phi) is 5.58. The number of hydrogen-bond acceptors (Lipinski definition) is 5. The Morgan fingerprint density at radius 2 is 2.08 bits per heavy atom. The Hall–Kier alpha value is -2.38. The number of aromatic nitrogens is 2. The zero-order valence-electron chi connectivity index (χ0n) is 14.0. The van der Waals surface area contributed by atoms with Gasteiger partial charge in [-0.3, -0.25) is 10.1 Å². The molecule has 0 aliphatic rings. The first-order chi connectivity index (χ1) is 12.4. The van der Waals surface area contributed by atoms with Crippen LogP contribution >= 0.6 is 27.5 Å². The molecule has 1 N–H and O–H groups in total. The molecule has 0 saturated carbocycles. The van der Waals surface area contributed by atoms with Gasteiger partial charge in [0.2, 0.25) is 5.89 Å². The number of anilines is 1. The lowest BCUT2D eigenvalue weighted by Crippen LogP contribution is -2.30. The molecule has 0 radical (unpaired) electrons. The van der Waals surface area contributed by atoms with Gasteiger partial charge in [-0.1, -0.05) is 38.7 Å². The van der Waals surface area contributed by atoms with E-state index in [0.717, 1.165) is 15.6 Å². The van der Waals surface area contributed by atoms with Crippen LogP contribution in [-0.2, 0) is 4.79 Å². The summed E-state index contributed by atoms with van der Waals surface area (Å²) >= 11 is 9.30. The van der Waals surface area contributed by atoms with Crippen LogP contribution in [-0.4, -0.2) is 22.2 Å². The first-order valence-electron chi connectivity index (χ1n) is 7.75. The number of amides is 1. The molecule has 0 aliphatic heterocycles. The molecular weight excluding hydrogens is 422 g/mol. The highest BCUT2D eigenvalue weighted by molar-refractivity contribution is 9.10. The van der Waals surface area contributed by atoms with Gasteiger partial charge in [-0.25, -0.2) is 0 Å². The number of hydrogen-bond donors (Lipinski definition) is 1. The molecule has 0 unspecified atom stereocenters. The van der Waals surface area contributed by atoms with Crippen LogP contribution in [0.4, 0.5) is 6.01 Å². The van der Waals surface area contributed by atoms with Crippen molar-refractivity contribution in [2.75, 3.05) is 5.32 Å². The number of rotatable bonds is 5. The molecule has 0 bridgehead atoms. The summed E-state index contributed by atoms with van der Waals surface area (Å²) in [5, 5.41) is 10.9. The number of aryl methyl sites for hydroxylation is 1. The minimum Gasteiger partial charge on any atom is -0.481 e. The third kappa shape index (κ3) is 4.42. The lowest BCUT2D eigenvalue weighted by atomic mass is 10.2. The summed E-state index contributed by atoms with van der Waals surface area (Å²) < 4.78 is 12.0. The molecule has 1 heterocycles. The van der Waals surface area contributed by atoms with Gasteiger partial charge in [-0.2, -0.15) is 0 Å². The maximum atomic E-state index is 12.3. The number of ether oxygens (including phenoxy) is 1. The first-order valence-corrected chi connectivity index (χ1v) is 8.92. The minimum atomic E-state index is -0.754. The fourth-order valence-corrected chi connectivity index (χ4v) is 2.83. The van der Waals surface area contributed by atoms with Crippen molar-refractivity contribution in [1.82, 2.24) is 10.2 Å². The molecule has 3 rings (SSSR count). The summed E-state index contributed by atoms with van der Waals surface area (Å²) in [6.07, 6.45) is -0.754. The lowest BCUT2D eigenvalue weighted by Gasteiger charge is -2.15. The van der Waals surface area contributed by atoms with Gasteiger partial charge in [0.1, 0.15) is 5.75 Å². The number of halogens is 2. The Morgan fingerprint density at radius 1 is 1.27 bits per heavy atom. The van der Waals surface area contributed by atoms with Crippen molar-refractivity contribution in [3.8, 4) is 17.2 Å². The summed E-state index contributed by atoms with van der Waals surface area (Å²) in [5.74, 6) is 0.491. The van der Waals surface area contributed by atoms with E-state index in [2.05, 4.69) is 31.4 Å². The minimum absolute atomic E-state index is 0.00764. The van der Waals surface area contributed by atoms with E-state index in [0.29, 0.717) is 16.7 Å². The summed E-state index contributed by atoms with van der Waals surface area (Å²) in [7, 11) is 0. The summed E-state index contributed by atoms with van der Waals surface area (Å²) in [6.45, 7) is 3.49. The molecule has 1 atom stereocenters. The molecule has 1 amide bonds. The standard InChI is InChI=1S/C18H15BrClN3O3/c1-10-8-14(20)6-7-15(10)25-11(2)16(24)21-18-23-22-17(26-18)12-4-3-5-13(19)9-12/h3-9,11H,1-2H3,(H,21,23,24)/t11-/m1/s1. The second-order valence-corrected chi connectivity index (χ2v) is 6.93. The van der Waals surface area contributed by atoms with Crippen molar-refractivity contribution in [2.24, 2.45) is 0 Å². The zero-order valence-corrected chi connectivity index (χ0v) is 16.3. The normalized spacial score (nSPS) is 11.8. The summed E-state index contributed by atoms with van der Waals surface area (Å²) in [4.78, 5) is 12.3. The molecule has 0 aliphatic carbocycles. The molecule has 26 heavy (non-hydrogen) atoms. The van der Waals surface area contributed by atoms with Crippen LogP contribution in [0.25, 0.3) is 11.5 Å². The Bertz CT molecular complexity index is 945. The number of benzene rings is 2. The fourth-order valence-electron chi connectivity index (χ4n) is 2.21. The largest absolute Gasteiger partial charge is 0.481 e. The van der Waals surface area contributed by atoms with E-state index in [-0.39, 0.29) is 6.01 Å². The predicted octanol–water partition coefficient (Wildman–Crippen LogP) is 4.87. The molecule has 6 nitrogen and oxygen atoms in total. The Labute approximate surface area is 163 Å². The SMILES string of the molecule is Cc1cc(Cl)ccc1O[C@H](C)C(=O)Nc1nnc(-c2cccc(Br)c2)o1. The molecule has 2 aromatic carbocycles. The van der Waals surface area contributed by atoms with Gasteiger partial charge in [-0.15, -0.1) is 5.10 Å². The van der Waals surface area contributed by atoms with Crippen molar-refractivity contribution < 1.29 is 13.9 Å². The van der Waals surface area contributed by atoms with E-state index in [9.17, 15) is 4.79 Å². The van der Waals surface area contributed by atoms with Crippen LogP contribution in [0.5, 0.6) is 5.75 Å². The maximum absolute atomic E-state index is 12.3. The second kappa shape index (κ2) is 7.88. The van der Waals surface area contributed by atoms with Crippen molar-refractivity contribution >= 4 is 39.5 Å². The second-order valence-electron chi connectivity index (χ2n) is 5.58. The quantitative estimate of drug-likeness (QED) is 0.617.